The number of nitrogens with one attached hydrogen (secondary N) is 2. The SMILES string of the molecule is CC(NNC(=O)c1ccc(O)c(O)c1)=C1C(=O)N(c2cc(C)cc(C)c2)c2ccccc21. The second-order valence-corrected chi connectivity index (χ2v) is 7.79. The van der Waals surface area contributed by atoms with Gasteiger partial charge in [-0.1, -0.05) is 24.3 Å². The van der Waals surface area contributed by atoms with Crippen LogP contribution >= 0.6 is 0 Å². The molecule has 0 fully saturated rings. The molecule has 0 radical (unpaired) electrons. The van der Waals surface area contributed by atoms with E-state index in [0.717, 1.165) is 34.1 Å². The largest absolute Gasteiger partial charge is 0.504 e. The number of anilines is 2. The van der Waals surface area contributed by atoms with Crippen LogP contribution in [0.15, 0.2) is 66.4 Å². The molecule has 0 spiro atoms. The molecule has 2 amide bonds. The average molecular weight is 429 g/mol. The van der Waals surface area contributed by atoms with E-state index in [1.54, 1.807) is 11.8 Å². The Morgan fingerprint density at radius 2 is 1.56 bits per heavy atom. The van der Waals surface area contributed by atoms with Crippen LogP contribution < -0.4 is 15.8 Å². The number of benzene rings is 3. The van der Waals surface area contributed by atoms with Crippen molar-refractivity contribution in [2.24, 2.45) is 0 Å². The number of amides is 2. The third-order valence-electron chi connectivity index (χ3n) is 5.27. The second-order valence-electron chi connectivity index (χ2n) is 7.79. The first kappa shape index (κ1) is 21.0. The van der Waals surface area contributed by atoms with Crippen LogP contribution in [0, 0.1) is 13.8 Å². The number of hydrazine groups is 1. The number of allylic oxidation sites excluding steroid dienone is 1. The van der Waals surface area contributed by atoms with Crippen molar-refractivity contribution in [1.82, 2.24) is 10.9 Å². The first-order valence-corrected chi connectivity index (χ1v) is 10.1. The van der Waals surface area contributed by atoms with Crippen molar-refractivity contribution in [1.29, 1.82) is 0 Å². The number of carbonyl (C=O) groups excluding carboxylic acids is 2. The summed E-state index contributed by atoms with van der Waals surface area (Å²) in [5, 5.41) is 19.0. The molecule has 0 bridgehead atoms. The minimum Gasteiger partial charge on any atom is -0.504 e. The molecule has 1 aliphatic heterocycles. The van der Waals surface area contributed by atoms with Crippen molar-refractivity contribution in [3.8, 4) is 11.5 Å². The van der Waals surface area contributed by atoms with Gasteiger partial charge in [0.2, 0.25) is 0 Å². The summed E-state index contributed by atoms with van der Waals surface area (Å²) in [5.74, 6) is -1.42. The first-order chi connectivity index (χ1) is 15.3. The van der Waals surface area contributed by atoms with E-state index in [2.05, 4.69) is 16.9 Å². The summed E-state index contributed by atoms with van der Waals surface area (Å²) in [7, 11) is 0. The topological polar surface area (TPSA) is 102 Å². The zero-order valence-electron chi connectivity index (χ0n) is 17.9. The highest BCUT2D eigenvalue weighted by atomic mass is 16.3. The highest BCUT2D eigenvalue weighted by molar-refractivity contribution is 6.35. The van der Waals surface area contributed by atoms with Crippen molar-refractivity contribution >= 4 is 28.8 Å². The molecule has 4 N–H and O–H groups in total. The summed E-state index contributed by atoms with van der Waals surface area (Å²) < 4.78 is 0. The summed E-state index contributed by atoms with van der Waals surface area (Å²) in [4.78, 5) is 27.6. The van der Waals surface area contributed by atoms with Crippen molar-refractivity contribution < 1.29 is 19.8 Å². The maximum atomic E-state index is 13.5. The molecule has 7 nitrogen and oxygen atoms in total. The van der Waals surface area contributed by atoms with Crippen LogP contribution in [0.5, 0.6) is 11.5 Å². The summed E-state index contributed by atoms with van der Waals surface area (Å²) in [6.07, 6.45) is 0. The van der Waals surface area contributed by atoms with Gasteiger partial charge in [0.05, 0.1) is 11.3 Å². The van der Waals surface area contributed by atoms with E-state index in [1.165, 1.54) is 12.1 Å². The van der Waals surface area contributed by atoms with Crippen molar-refractivity contribution in [3.05, 3.63) is 88.6 Å². The van der Waals surface area contributed by atoms with Gasteiger partial charge in [0.15, 0.2) is 11.5 Å². The van der Waals surface area contributed by atoms with E-state index in [1.807, 2.05) is 50.2 Å². The molecule has 32 heavy (non-hydrogen) atoms. The van der Waals surface area contributed by atoms with Crippen molar-refractivity contribution in [2.45, 2.75) is 20.8 Å². The summed E-state index contributed by atoms with van der Waals surface area (Å²) in [6, 6.07) is 17.3. The van der Waals surface area contributed by atoms with E-state index in [9.17, 15) is 19.8 Å². The Labute approximate surface area is 185 Å². The minimum absolute atomic E-state index is 0.153. The summed E-state index contributed by atoms with van der Waals surface area (Å²) in [6.45, 7) is 5.69. The van der Waals surface area contributed by atoms with E-state index in [4.69, 9.17) is 0 Å². The lowest BCUT2D eigenvalue weighted by Gasteiger charge is -2.19. The predicted octanol–water partition coefficient (Wildman–Crippen LogP) is 4.06. The van der Waals surface area contributed by atoms with E-state index in [0.29, 0.717) is 11.3 Å². The van der Waals surface area contributed by atoms with Gasteiger partial charge in [0.25, 0.3) is 11.8 Å². The number of para-hydroxylation sites is 1. The first-order valence-electron chi connectivity index (χ1n) is 10.1. The number of fused-ring (bicyclic) bond motifs is 1. The summed E-state index contributed by atoms with van der Waals surface area (Å²) >= 11 is 0. The molecule has 162 valence electrons. The molecule has 4 rings (SSSR count). The molecule has 1 heterocycles. The zero-order chi connectivity index (χ0) is 23.0. The molecule has 3 aromatic carbocycles. The second kappa shape index (κ2) is 8.11. The lowest BCUT2D eigenvalue weighted by atomic mass is 10.1. The zero-order valence-corrected chi connectivity index (χ0v) is 17.9. The van der Waals surface area contributed by atoms with E-state index in [-0.39, 0.29) is 17.2 Å². The Balaban J connectivity index is 1.65. The van der Waals surface area contributed by atoms with Gasteiger partial charge in [-0.15, -0.1) is 0 Å². The molecule has 0 aliphatic carbocycles. The Bertz CT molecular complexity index is 1260. The molecule has 3 aromatic rings. The van der Waals surface area contributed by atoms with E-state index >= 15 is 0 Å². The molecular weight excluding hydrogens is 406 g/mol. The molecule has 7 heteroatoms. The van der Waals surface area contributed by atoms with Gasteiger partial charge in [-0.05, 0) is 68.3 Å². The molecule has 0 saturated carbocycles. The fraction of sp³-hybridized carbons (Fsp3) is 0.120. The van der Waals surface area contributed by atoms with E-state index < -0.39 is 11.7 Å². The van der Waals surface area contributed by atoms with Gasteiger partial charge in [0.1, 0.15) is 0 Å². The lowest BCUT2D eigenvalue weighted by molar-refractivity contribution is -0.112. The van der Waals surface area contributed by atoms with Crippen LogP contribution in [0.3, 0.4) is 0 Å². The number of aromatic hydroxyl groups is 2. The fourth-order valence-electron chi connectivity index (χ4n) is 3.86. The maximum Gasteiger partial charge on any atom is 0.269 e. The average Bonchev–Trinajstić information content (AvgIpc) is 3.04. The Kier molecular flexibility index (Phi) is 5.32. The van der Waals surface area contributed by atoms with Crippen molar-refractivity contribution in [3.63, 3.8) is 0 Å². The van der Waals surface area contributed by atoms with Crippen LogP contribution in [0.2, 0.25) is 0 Å². The van der Waals surface area contributed by atoms with Gasteiger partial charge < -0.3 is 15.6 Å². The fourth-order valence-corrected chi connectivity index (χ4v) is 3.86. The molecule has 0 saturated heterocycles. The van der Waals surface area contributed by atoms with Gasteiger partial charge in [-0.25, -0.2) is 0 Å². The Morgan fingerprint density at radius 1 is 0.875 bits per heavy atom. The smallest absolute Gasteiger partial charge is 0.269 e. The van der Waals surface area contributed by atoms with Gasteiger partial charge in [-0.2, -0.15) is 0 Å². The van der Waals surface area contributed by atoms with Crippen LogP contribution in [-0.2, 0) is 4.79 Å². The number of phenolic OH excluding ortho intramolecular Hbond substituents is 2. The number of hydrogen-bond donors (Lipinski definition) is 4. The van der Waals surface area contributed by atoms with Gasteiger partial charge in [0, 0.05) is 22.5 Å². The van der Waals surface area contributed by atoms with Crippen LogP contribution in [0.1, 0.15) is 34.0 Å². The third-order valence-corrected chi connectivity index (χ3v) is 5.27. The quantitative estimate of drug-likeness (QED) is 0.285. The van der Waals surface area contributed by atoms with Crippen LogP contribution in [0.25, 0.3) is 5.57 Å². The highest BCUT2D eigenvalue weighted by Crippen LogP contribution is 2.42. The highest BCUT2D eigenvalue weighted by Gasteiger charge is 2.35. The number of rotatable bonds is 4. The number of carbonyl (C=O) groups is 2. The number of nitrogens with zero attached hydrogens (tertiary/aromatic N) is 1. The monoisotopic (exact) mass is 429 g/mol. The number of hydrogen-bond acceptors (Lipinski definition) is 5. The number of phenols is 2. The van der Waals surface area contributed by atoms with Gasteiger partial charge in [-0.3, -0.25) is 19.9 Å². The predicted molar refractivity (Wildman–Crippen MR) is 122 cm³/mol. The third kappa shape index (κ3) is 3.76. The Morgan fingerprint density at radius 3 is 2.25 bits per heavy atom. The Hall–Kier alpha value is -4.26. The standard InChI is InChI=1S/C25H23N3O4/c1-14-10-15(2)12-18(11-14)28-20-7-5-4-6-19(20)23(25(28)32)16(3)26-27-24(31)17-8-9-21(29)22(30)13-17/h4-13,26,29-30H,1-3H3,(H,27,31). The number of aryl methyl sites for hydroxylation is 2. The minimum atomic E-state index is -0.523. The van der Waals surface area contributed by atoms with Gasteiger partial charge >= 0.3 is 0 Å². The maximum absolute atomic E-state index is 13.5. The molecule has 0 atom stereocenters. The van der Waals surface area contributed by atoms with Crippen molar-refractivity contribution in [2.75, 3.05) is 4.90 Å². The summed E-state index contributed by atoms with van der Waals surface area (Å²) in [5.41, 5.74) is 10.9. The molecule has 0 aromatic heterocycles. The normalized spacial score (nSPS) is 14.2. The molecule has 0 unspecified atom stereocenters. The van der Waals surface area contributed by atoms with Crippen LogP contribution in [-0.4, -0.2) is 22.0 Å². The molecule has 1 aliphatic rings. The van der Waals surface area contributed by atoms with Crippen LogP contribution in [0.4, 0.5) is 11.4 Å². The molecular formula is C25H23N3O4. The lowest BCUT2D eigenvalue weighted by Crippen LogP contribution is -2.37.